The van der Waals surface area contributed by atoms with Gasteiger partial charge in [0, 0.05) is 29.7 Å². The predicted octanol–water partition coefficient (Wildman–Crippen LogP) is 3.52. The number of likely N-dealkylation sites (tertiary alicyclic amines) is 1. The SMILES string of the molecule is CNCC1CCCCN1Cc1cc(Cl)ccc1OC(F)F. The number of halogens is 3. The van der Waals surface area contributed by atoms with Crippen LogP contribution in [-0.2, 0) is 6.54 Å². The van der Waals surface area contributed by atoms with Gasteiger partial charge < -0.3 is 10.1 Å². The third kappa shape index (κ3) is 4.80. The van der Waals surface area contributed by atoms with E-state index >= 15 is 0 Å². The van der Waals surface area contributed by atoms with Gasteiger partial charge in [-0.3, -0.25) is 4.90 Å². The Morgan fingerprint density at radius 1 is 1.43 bits per heavy atom. The summed E-state index contributed by atoms with van der Waals surface area (Å²) in [4.78, 5) is 2.31. The van der Waals surface area contributed by atoms with E-state index in [0.717, 1.165) is 25.9 Å². The summed E-state index contributed by atoms with van der Waals surface area (Å²) in [6.45, 7) is -0.382. The van der Waals surface area contributed by atoms with Gasteiger partial charge in [0.05, 0.1) is 0 Å². The molecule has 1 unspecified atom stereocenters. The first kappa shape index (κ1) is 16.5. The van der Waals surface area contributed by atoms with Crippen LogP contribution in [0.1, 0.15) is 24.8 Å². The molecule has 0 spiro atoms. The summed E-state index contributed by atoms with van der Waals surface area (Å²) in [7, 11) is 1.93. The standard InChI is InChI=1S/C15H21ClF2N2O/c1-19-9-13-4-2-3-7-20(13)10-11-8-12(16)5-6-14(11)21-15(17)18/h5-6,8,13,15,19H,2-4,7,9-10H2,1H3. The quantitative estimate of drug-likeness (QED) is 0.868. The van der Waals surface area contributed by atoms with Crippen molar-refractivity contribution in [3.63, 3.8) is 0 Å². The maximum absolute atomic E-state index is 12.5. The first-order chi connectivity index (χ1) is 10.1. The summed E-state index contributed by atoms with van der Waals surface area (Å²) < 4.78 is 29.6. The minimum atomic E-state index is -2.82. The summed E-state index contributed by atoms with van der Waals surface area (Å²) in [6.07, 6.45) is 3.46. The van der Waals surface area contributed by atoms with E-state index in [1.807, 2.05) is 7.05 Å². The van der Waals surface area contributed by atoms with Gasteiger partial charge in [-0.25, -0.2) is 0 Å². The smallest absolute Gasteiger partial charge is 0.387 e. The topological polar surface area (TPSA) is 24.5 Å². The van der Waals surface area contributed by atoms with Gasteiger partial charge in [-0.15, -0.1) is 0 Å². The molecule has 118 valence electrons. The van der Waals surface area contributed by atoms with Crippen LogP contribution in [0.2, 0.25) is 5.02 Å². The molecule has 1 fully saturated rings. The van der Waals surface area contributed by atoms with Crippen LogP contribution in [0.25, 0.3) is 0 Å². The number of hydrogen-bond donors (Lipinski definition) is 1. The van der Waals surface area contributed by atoms with Crippen molar-refractivity contribution >= 4 is 11.6 Å². The van der Waals surface area contributed by atoms with E-state index in [1.165, 1.54) is 12.5 Å². The molecule has 21 heavy (non-hydrogen) atoms. The lowest BCUT2D eigenvalue weighted by atomic mass is 10.0. The summed E-state index contributed by atoms with van der Waals surface area (Å²) in [5, 5.41) is 3.73. The van der Waals surface area contributed by atoms with Crippen LogP contribution in [0.5, 0.6) is 5.75 Å². The van der Waals surface area contributed by atoms with E-state index in [2.05, 4.69) is 15.0 Å². The highest BCUT2D eigenvalue weighted by molar-refractivity contribution is 6.30. The van der Waals surface area contributed by atoms with Crippen molar-refractivity contribution < 1.29 is 13.5 Å². The van der Waals surface area contributed by atoms with E-state index in [1.54, 1.807) is 12.1 Å². The Morgan fingerprint density at radius 2 is 2.24 bits per heavy atom. The molecule has 1 aromatic rings. The second-order valence-corrected chi connectivity index (χ2v) is 5.74. The average molecular weight is 319 g/mol. The predicted molar refractivity (Wildman–Crippen MR) is 80.1 cm³/mol. The Bertz CT molecular complexity index is 457. The van der Waals surface area contributed by atoms with Gasteiger partial charge in [0.25, 0.3) is 0 Å². The largest absolute Gasteiger partial charge is 0.434 e. The van der Waals surface area contributed by atoms with Crippen molar-refractivity contribution in [2.24, 2.45) is 0 Å². The van der Waals surface area contributed by atoms with Crippen molar-refractivity contribution in [1.29, 1.82) is 0 Å². The number of nitrogens with zero attached hydrogens (tertiary/aromatic N) is 1. The highest BCUT2D eigenvalue weighted by Gasteiger charge is 2.23. The number of ether oxygens (including phenoxy) is 1. The lowest BCUT2D eigenvalue weighted by Crippen LogP contribution is -2.44. The van der Waals surface area contributed by atoms with Gasteiger partial charge in [0.2, 0.25) is 0 Å². The molecule has 1 heterocycles. The average Bonchev–Trinajstić information content (AvgIpc) is 2.44. The Labute approximate surface area is 129 Å². The summed E-state index contributed by atoms with van der Waals surface area (Å²) in [5.74, 6) is 0.211. The molecule has 0 bridgehead atoms. The Morgan fingerprint density at radius 3 is 2.95 bits per heavy atom. The Balaban J connectivity index is 2.14. The molecule has 0 saturated carbocycles. The lowest BCUT2D eigenvalue weighted by molar-refractivity contribution is -0.0509. The zero-order valence-electron chi connectivity index (χ0n) is 12.1. The Hall–Kier alpha value is -0.910. The lowest BCUT2D eigenvalue weighted by Gasteiger charge is -2.36. The zero-order valence-corrected chi connectivity index (χ0v) is 12.9. The second kappa shape index (κ2) is 7.92. The van der Waals surface area contributed by atoms with Crippen LogP contribution >= 0.6 is 11.6 Å². The molecule has 1 aliphatic heterocycles. The maximum atomic E-state index is 12.5. The number of piperidine rings is 1. The monoisotopic (exact) mass is 318 g/mol. The van der Waals surface area contributed by atoms with Crippen LogP contribution < -0.4 is 10.1 Å². The first-order valence-corrected chi connectivity index (χ1v) is 7.60. The fraction of sp³-hybridized carbons (Fsp3) is 0.600. The molecular formula is C15H21ClF2N2O. The molecule has 0 aliphatic carbocycles. The molecule has 1 aliphatic rings. The third-order valence-electron chi connectivity index (χ3n) is 3.80. The zero-order chi connectivity index (χ0) is 15.2. The summed E-state index contributed by atoms with van der Waals surface area (Å²) in [6, 6.07) is 5.22. The minimum Gasteiger partial charge on any atom is -0.434 e. The molecule has 1 atom stereocenters. The van der Waals surface area contributed by atoms with Gasteiger partial charge in [-0.2, -0.15) is 8.78 Å². The molecule has 0 amide bonds. The van der Waals surface area contributed by atoms with Gasteiger partial charge in [0.15, 0.2) is 0 Å². The number of rotatable bonds is 6. The molecule has 0 aromatic heterocycles. The fourth-order valence-corrected chi connectivity index (χ4v) is 3.03. The normalized spacial score (nSPS) is 20.0. The van der Waals surface area contributed by atoms with Crippen LogP contribution in [0.4, 0.5) is 8.78 Å². The summed E-state index contributed by atoms with van der Waals surface area (Å²) in [5.41, 5.74) is 0.714. The molecule has 0 radical (unpaired) electrons. The van der Waals surface area contributed by atoms with E-state index in [0.29, 0.717) is 23.2 Å². The molecule has 2 rings (SSSR count). The Kier molecular flexibility index (Phi) is 6.21. The maximum Gasteiger partial charge on any atom is 0.387 e. The van der Waals surface area contributed by atoms with Crippen LogP contribution in [0.3, 0.4) is 0 Å². The van der Waals surface area contributed by atoms with Crippen molar-refractivity contribution in [2.75, 3.05) is 20.1 Å². The van der Waals surface area contributed by atoms with Gasteiger partial charge in [0.1, 0.15) is 5.75 Å². The molecule has 1 aromatic carbocycles. The number of nitrogens with one attached hydrogen (secondary N) is 1. The molecular weight excluding hydrogens is 298 g/mol. The van der Waals surface area contributed by atoms with Gasteiger partial charge in [-0.05, 0) is 44.6 Å². The molecule has 3 nitrogen and oxygen atoms in total. The molecule has 1 N–H and O–H groups in total. The van der Waals surface area contributed by atoms with Crippen molar-refractivity contribution in [3.8, 4) is 5.75 Å². The number of benzene rings is 1. The minimum absolute atomic E-state index is 0.211. The van der Waals surface area contributed by atoms with E-state index in [9.17, 15) is 8.78 Å². The fourth-order valence-electron chi connectivity index (χ4n) is 2.84. The van der Waals surface area contributed by atoms with Crippen molar-refractivity contribution in [3.05, 3.63) is 28.8 Å². The highest BCUT2D eigenvalue weighted by Crippen LogP contribution is 2.28. The summed E-state index contributed by atoms with van der Waals surface area (Å²) >= 11 is 5.99. The number of likely N-dealkylation sites (N-methyl/N-ethyl adjacent to an activating group) is 1. The number of alkyl halides is 2. The highest BCUT2D eigenvalue weighted by atomic mass is 35.5. The molecule has 1 saturated heterocycles. The van der Waals surface area contributed by atoms with Crippen LogP contribution in [-0.4, -0.2) is 37.7 Å². The van der Waals surface area contributed by atoms with Crippen LogP contribution in [0.15, 0.2) is 18.2 Å². The van der Waals surface area contributed by atoms with E-state index in [-0.39, 0.29) is 5.75 Å². The van der Waals surface area contributed by atoms with Gasteiger partial charge >= 0.3 is 6.61 Å². The van der Waals surface area contributed by atoms with E-state index < -0.39 is 6.61 Å². The van der Waals surface area contributed by atoms with Crippen molar-refractivity contribution in [2.45, 2.75) is 38.5 Å². The van der Waals surface area contributed by atoms with E-state index in [4.69, 9.17) is 11.6 Å². The van der Waals surface area contributed by atoms with Crippen molar-refractivity contribution in [1.82, 2.24) is 10.2 Å². The molecule has 6 heteroatoms. The number of hydrogen-bond acceptors (Lipinski definition) is 3. The second-order valence-electron chi connectivity index (χ2n) is 5.31. The first-order valence-electron chi connectivity index (χ1n) is 7.22. The van der Waals surface area contributed by atoms with Crippen LogP contribution in [0, 0.1) is 0 Å². The van der Waals surface area contributed by atoms with Gasteiger partial charge in [-0.1, -0.05) is 18.0 Å². The third-order valence-corrected chi connectivity index (χ3v) is 4.04.